The largest absolute Gasteiger partial charge is 0.375 e. The van der Waals surface area contributed by atoms with Crippen LogP contribution in [-0.4, -0.2) is 69.3 Å². The zero-order valence-corrected chi connectivity index (χ0v) is 14.7. The molecule has 4 bridgehead atoms. The normalized spacial score (nSPS) is 47.6. The second kappa shape index (κ2) is 7.95. The van der Waals surface area contributed by atoms with Crippen molar-refractivity contribution in [2.75, 3.05) is 33.0 Å². The van der Waals surface area contributed by atoms with Gasteiger partial charge in [-0.3, -0.25) is 16.2 Å². The lowest BCUT2D eigenvalue weighted by molar-refractivity contribution is -0.0392. The summed E-state index contributed by atoms with van der Waals surface area (Å²) in [5.74, 6) is 0.637. The van der Waals surface area contributed by atoms with Crippen molar-refractivity contribution in [1.29, 1.82) is 0 Å². The molecule has 3 saturated heterocycles. The van der Waals surface area contributed by atoms with Gasteiger partial charge in [0, 0.05) is 37.3 Å². The van der Waals surface area contributed by atoms with Gasteiger partial charge in [0.25, 0.3) is 0 Å². The van der Waals surface area contributed by atoms with Gasteiger partial charge < -0.3 is 20.1 Å². The molecule has 0 amide bonds. The van der Waals surface area contributed by atoms with Gasteiger partial charge in [-0.25, -0.2) is 0 Å². The van der Waals surface area contributed by atoms with Crippen LogP contribution >= 0.6 is 0 Å². The lowest BCUT2D eigenvalue weighted by Gasteiger charge is -2.40. The monoisotopic (exact) mass is 339 g/mol. The van der Waals surface area contributed by atoms with Crippen LogP contribution in [0.5, 0.6) is 0 Å². The van der Waals surface area contributed by atoms with Gasteiger partial charge in [-0.2, -0.15) is 0 Å². The minimum atomic E-state index is 0.309. The van der Waals surface area contributed by atoms with Crippen molar-refractivity contribution >= 4 is 0 Å². The second-order valence-electron chi connectivity index (χ2n) is 7.90. The molecule has 6 unspecified atom stereocenters. The molecule has 1 aliphatic carbocycles. The van der Waals surface area contributed by atoms with E-state index >= 15 is 0 Å². The first-order valence-electron chi connectivity index (χ1n) is 9.71. The molecule has 4 aliphatic rings. The molecule has 24 heavy (non-hydrogen) atoms. The van der Waals surface area contributed by atoms with Crippen LogP contribution < -0.4 is 26.8 Å². The van der Waals surface area contributed by atoms with E-state index in [0.29, 0.717) is 49.0 Å². The molecule has 4 fully saturated rings. The first kappa shape index (κ1) is 17.1. The lowest BCUT2D eigenvalue weighted by atomic mass is 9.77. The molecule has 0 radical (unpaired) electrons. The maximum atomic E-state index is 6.35. The Morgan fingerprint density at radius 1 is 0.958 bits per heavy atom. The molecule has 1 saturated carbocycles. The number of hydrogen-bond donors (Lipinski definition) is 5. The summed E-state index contributed by atoms with van der Waals surface area (Å²) >= 11 is 0. The number of piperazine rings is 1. The van der Waals surface area contributed by atoms with Crippen LogP contribution in [0.1, 0.15) is 32.6 Å². The minimum Gasteiger partial charge on any atom is -0.375 e. The van der Waals surface area contributed by atoms with Gasteiger partial charge in [0.1, 0.15) is 0 Å². The maximum Gasteiger partial charge on any atom is 0.0966 e. The van der Waals surface area contributed by atoms with E-state index in [-0.39, 0.29) is 0 Å². The van der Waals surface area contributed by atoms with Crippen LogP contribution in [0.3, 0.4) is 0 Å². The zero-order chi connectivity index (χ0) is 16.4. The van der Waals surface area contributed by atoms with Gasteiger partial charge in [-0.1, -0.05) is 0 Å². The third kappa shape index (κ3) is 3.93. The van der Waals surface area contributed by atoms with Gasteiger partial charge in [0.05, 0.1) is 25.5 Å². The lowest BCUT2D eigenvalue weighted by Crippen LogP contribution is -2.63. The highest BCUT2D eigenvalue weighted by molar-refractivity contribution is 5.03. The van der Waals surface area contributed by atoms with Crippen molar-refractivity contribution in [1.82, 2.24) is 26.8 Å². The Kier molecular flexibility index (Phi) is 5.68. The Hall–Kier alpha value is -0.280. The van der Waals surface area contributed by atoms with E-state index in [2.05, 4.69) is 33.7 Å². The standard InChI is InChI=1S/C17H33N5O2/c1-11-4-5-18-10-23-9-12-7-19-8-16(20-12)17-14-6-13(24-11)2-3-15(14)21-22-17/h11-22H,2-10H2,1H3/t11-,12?,13?,14?,15?,16?,17?/m0/s1. The molecule has 138 valence electrons. The Morgan fingerprint density at radius 2 is 1.92 bits per heavy atom. The topological polar surface area (TPSA) is 78.6 Å². The second-order valence-corrected chi connectivity index (χ2v) is 7.90. The van der Waals surface area contributed by atoms with Gasteiger partial charge in [0.2, 0.25) is 0 Å². The van der Waals surface area contributed by atoms with Gasteiger partial charge in [0.15, 0.2) is 0 Å². The summed E-state index contributed by atoms with van der Waals surface area (Å²) < 4.78 is 12.2. The summed E-state index contributed by atoms with van der Waals surface area (Å²) in [4.78, 5) is 0. The summed E-state index contributed by atoms with van der Waals surface area (Å²) in [6.45, 7) is 6.51. The molecule has 3 heterocycles. The third-order valence-electron chi connectivity index (χ3n) is 6.06. The van der Waals surface area contributed by atoms with Gasteiger partial charge >= 0.3 is 0 Å². The van der Waals surface area contributed by atoms with E-state index in [1.165, 1.54) is 12.8 Å². The van der Waals surface area contributed by atoms with Crippen LogP contribution in [0.4, 0.5) is 0 Å². The van der Waals surface area contributed by atoms with E-state index in [0.717, 1.165) is 39.1 Å². The van der Waals surface area contributed by atoms with Crippen molar-refractivity contribution in [2.24, 2.45) is 5.92 Å². The van der Waals surface area contributed by atoms with Crippen LogP contribution in [0.15, 0.2) is 0 Å². The average Bonchev–Trinajstić information content (AvgIpc) is 3.01. The fraction of sp³-hybridized carbons (Fsp3) is 1.00. The van der Waals surface area contributed by atoms with Gasteiger partial charge in [-0.15, -0.1) is 0 Å². The molecule has 3 aliphatic heterocycles. The van der Waals surface area contributed by atoms with Crippen molar-refractivity contribution in [2.45, 2.75) is 69.0 Å². The molecule has 4 rings (SSSR count). The molecule has 0 aromatic rings. The molecular formula is C17H33N5O2. The van der Waals surface area contributed by atoms with E-state index in [4.69, 9.17) is 9.47 Å². The number of ether oxygens (including phenoxy) is 2. The first-order valence-corrected chi connectivity index (χ1v) is 9.71. The fourth-order valence-corrected chi connectivity index (χ4v) is 4.79. The van der Waals surface area contributed by atoms with Crippen LogP contribution in [0.2, 0.25) is 0 Å². The van der Waals surface area contributed by atoms with E-state index in [1.54, 1.807) is 0 Å². The highest BCUT2D eigenvalue weighted by Gasteiger charge is 2.45. The Bertz CT molecular complexity index is 412. The summed E-state index contributed by atoms with van der Waals surface area (Å²) in [6.07, 6.45) is 5.29. The number of nitrogens with one attached hydrogen (secondary N) is 5. The minimum absolute atomic E-state index is 0.309. The molecule has 7 heteroatoms. The molecule has 7 nitrogen and oxygen atoms in total. The van der Waals surface area contributed by atoms with Crippen molar-refractivity contribution in [3.05, 3.63) is 0 Å². The van der Waals surface area contributed by atoms with Crippen molar-refractivity contribution in [3.63, 3.8) is 0 Å². The molecule has 0 aromatic carbocycles. The smallest absolute Gasteiger partial charge is 0.0966 e. The van der Waals surface area contributed by atoms with Crippen LogP contribution in [-0.2, 0) is 9.47 Å². The summed E-state index contributed by atoms with van der Waals surface area (Å²) in [5.41, 5.74) is 7.13. The Morgan fingerprint density at radius 3 is 2.88 bits per heavy atom. The fourth-order valence-electron chi connectivity index (χ4n) is 4.79. The molecular weight excluding hydrogens is 306 g/mol. The third-order valence-corrected chi connectivity index (χ3v) is 6.06. The van der Waals surface area contributed by atoms with Crippen LogP contribution in [0, 0.1) is 5.92 Å². The molecule has 0 spiro atoms. The summed E-state index contributed by atoms with van der Waals surface area (Å²) in [5, 5.41) is 10.8. The highest BCUT2D eigenvalue weighted by Crippen LogP contribution is 2.34. The molecule has 0 aromatic heterocycles. The first-order chi connectivity index (χ1) is 11.8. The number of rotatable bonds is 0. The van der Waals surface area contributed by atoms with Crippen LogP contribution in [0.25, 0.3) is 0 Å². The number of hydrazine groups is 1. The summed E-state index contributed by atoms with van der Waals surface area (Å²) in [7, 11) is 0. The SMILES string of the molecule is C[C@H]1CCNCOCC2CNCC(N2)C2NNC3CCC(CC32)O1. The van der Waals surface area contributed by atoms with E-state index < -0.39 is 0 Å². The van der Waals surface area contributed by atoms with Gasteiger partial charge in [-0.05, 0) is 45.1 Å². The van der Waals surface area contributed by atoms with Crippen molar-refractivity contribution < 1.29 is 9.47 Å². The predicted molar refractivity (Wildman–Crippen MR) is 92.5 cm³/mol. The quantitative estimate of drug-likeness (QED) is 0.400. The Labute approximate surface area is 145 Å². The molecule has 5 N–H and O–H groups in total. The average molecular weight is 339 g/mol. The van der Waals surface area contributed by atoms with E-state index in [9.17, 15) is 0 Å². The number of hydrogen-bond acceptors (Lipinski definition) is 7. The summed E-state index contributed by atoms with van der Waals surface area (Å²) in [6, 6.07) is 1.85. The van der Waals surface area contributed by atoms with E-state index in [1.807, 2.05) is 0 Å². The zero-order valence-electron chi connectivity index (χ0n) is 14.7. The highest BCUT2D eigenvalue weighted by atomic mass is 16.5. The number of fused-ring (bicyclic) bond motifs is 4. The predicted octanol–water partition coefficient (Wildman–Crippen LogP) is -0.697. The molecule has 7 atom stereocenters. The maximum absolute atomic E-state index is 6.35. The van der Waals surface area contributed by atoms with Crippen molar-refractivity contribution in [3.8, 4) is 0 Å². The Balaban J connectivity index is 1.46.